The Hall–Kier alpha value is -3.37. The van der Waals surface area contributed by atoms with Gasteiger partial charge in [-0.2, -0.15) is 0 Å². The predicted octanol–water partition coefficient (Wildman–Crippen LogP) is 5.33. The zero-order valence-electron chi connectivity index (χ0n) is 17.4. The highest BCUT2D eigenvalue weighted by Crippen LogP contribution is 2.37. The van der Waals surface area contributed by atoms with Gasteiger partial charge in [0.2, 0.25) is 6.79 Å². The summed E-state index contributed by atoms with van der Waals surface area (Å²) in [7, 11) is 0. The molecule has 0 N–H and O–H groups in total. The number of hydrogen-bond acceptors (Lipinski definition) is 8. The van der Waals surface area contributed by atoms with E-state index in [1.165, 1.54) is 12.1 Å². The van der Waals surface area contributed by atoms with Crippen LogP contribution in [0.5, 0.6) is 17.2 Å². The Balaban J connectivity index is 1.25. The fraction of sp³-hybridized carbons (Fsp3) is 0.174. The molecule has 10 heteroatoms. The number of rotatable bonds is 9. The molecule has 0 spiro atoms. The summed E-state index contributed by atoms with van der Waals surface area (Å²) in [6.45, 7) is 4.85. The lowest BCUT2D eigenvalue weighted by Crippen LogP contribution is -2.07. The van der Waals surface area contributed by atoms with Crippen molar-refractivity contribution >= 4 is 23.1 Å². The van der Waals surface area contributed by atoms with Crippen LogP contribution in [-0.2, 0) is 18.9 Å². The van der Waals surface area contributed by atoms with Gasteiger partial charge in [-0.05, 0) is 42.5 Å². The molecule has 0 unspecified atom stereocenters. The van der Waals surface area contributed by atoms with Crippen molar-refractivity contribution in [2.75, 3.05) is 6.79 Å². The zero-order valence-corrected chi connectivity index (χ0v) is 19.1. The molecule has 0 aliphatic carbocycles. The van der Waals surface area contributed by atoms with Crippen molar-refractivity contribution in [2.45, 2.75) is 24.1 Å². The summed E-state index contributed by atoms with van der Waals surface area (Å²) in [5.74, 6) is 3.08. The van der Waals surface area contributed by atoms with Gasteiger partial charge in [0.15, 0.2) is 22.5 Å². The van der Waals surface area contributed by atoms with E-state index in [0.29, 0.717) is 23.9 Å². The standard InChI is InChI=1S/C23H19FN4O3S2/c1-2-9-28-21(11-29-18-6-4-16(24)5-7-18)26-27-23(28)33-13-17-12-32-22(25-17)15-3-8-19-20(10-15)31-14-30-19/h2-8,10,12H,1,9,11,13-14H2. The summed E-state index contributed by atoms with van der Waals surface area (Å²) < 4.78 is 31.6. The molecule has 0 radical (unpaired) electrons. The van der Waals surface area contributed by atoms with E-state index in [-0.39, 0.29) is 19.2 Å². The van der Waals surface area contributed by atoms with Gasteiger partial charge < -0.3 is 14.2 Å². The van der Waals surface area contributed by atoms with E-state index in [1.807, 2.05) is 28.1 Å². The van der Waals surface area contributed by atoms with E-state index in [0.717, 1.165) is 32.9 Å². The number of benzene rings is 2. The lowest BCUT2D eigenvalue weighted by Gasteiger charge is -2.09. The van der Waals surface area contributed by atoms with Gasteiger partial charge in [0.1, 0.15) is 23.2 Å². The molecule has 2 aromatic carbocycles. The maximum atomic E-state index is 13.1. The Bertz CT molecular complexity index is 1270. The molecule has 1 aliphatic rings. The van der Waals surface area contributed by atoms with Crippen molar-refractivity contribution in [3.8, 4) is 27.8 Å². The Morgan fingerprint density at radius 1 is 1.15 bits per heavy atom. The molecule has 0 atom stereocenters. The average Bonchev–Trinajstić information content (AvgIpc) is 3.57. The third kappa shape index (κ3) is 4.86. The van der Waals surface area contributed by atoms with Gasteiger partial charge in [-0.15, -0.1) is 28.1 Å². The monoisotopic (exact) mass is 482 g/mol. The first-order valence-electron chi connectivity index (χ1n) is 10.1. The Labute approximate surface area is 197 Å². The number of hydrogen-bond donors (Lipinski definition) is 0. The molecule has 0 saturated carbocycles. The summed E-state index contributed by atoms with van der Waals surface area (Å²) in [5, 5.41) is 12.3. The van der Waals surface area contributed by atoms with Crippen LogP contribution in [-0.4, -0.2) is 26.5 Å². The molecule has 3 heterocycles. The van der Waals surface area contributed by atoms with Gasteiger partial charge in [-0.3, -0.25) is 4.57 Å². The molecule has 168 valence electrons. The second-order valence-corrected chi connectivity index (χ2v) is 8.84. The number of ether oxygens (including phenoxy) is 3. The highest BCUT2D eigenvalue weighted by molar-refractivity contribution is 7.98. The highest BCUT2D eigenvalue weighted by Gasteiger charge is 2.16. The number of aromatic nitrogens is 4. The summed E-state index contributed by atoms with van der Waals surface area (Å²) in [4.78, 5) is 4.75. The summed E-state index contributed by atoms with van der Waals surface area (Å²) in [5.41, 5.74) is 1.95. The van der Waals surface area contributed by atoms with Gasteiger partial charge in [-0.25, -0.2) is 9.37 Å². The predicted molar refractivity (Wildman–Crippen MR) is 124 cm³/mol. The molecule has 4 aromatic rings. The summed E-state index contributed by atoms with van der Waals surface area (Å²) in [6, 6.07) is 11.7. The lowest BCUT2D eigenvalue weighted by molar-refractivity contribution is 0.174. The van der Waals surface area contributed by atoms with Gasteiger partial charge in [0.25, 0.3) is 0 Å². The van der Waals surface area contributed by atoms with Crippen LogP contribution in [0, 0.1) is 5.82 Å². The van der Waals surface area contributed by atoms with Crippen LogP contribution in [0.3, 0.4) is 0 Å². The second-order valence-electron chi connectivity index (χ2n) is 7.04. The van der Waals surface area contributed by atoms with E-state index < -0.39 is 0 Å². The van der Waals surface area contributed by atoms with Crippen LogP contribution >= 0.6 is 23.1 Å². The second kappa shape index (κ2) is 9.63. The van der Waals surface area contributed by atoms with Crippen molar-refractivity contribution < 1.29 is 18.6 Å². The maximum absolute atomic E-state index is 13.1. The highest BCUT2D eigenvalue weighted by atomic mass is 32.2. The molecule has 7 nitrogen and oxygen atoms in total. The molecule has 33 heavy (non-hydrogen) atoms. The van der Waals surface area contributed by atoms with Crippen molar-refractivity contribution in [3.05, 3.63) is 77.8 Å². The lowest BCUT2D eigenvalue weighted by atomic mass is 10.2. The first-order valence-corrected chi connectivity index (χ1v) is 11.9. The molecular weight excluding hydrogens is 463 g/mol. The number of thiazole rings is 1. The van der Waals surface area contributed by atoms with E-state index in [1.54, 1.807) is 41.3 Å². The van der Waals surface area contributed by atoms with E-state index in [2.05, 4.69) is 16.8 Å². The average molecular weight is 483 g/mol. The van der Waals surface area contributed by atoms with Crippen LogP contribution in [0.25, 0.3) is 10.6 Å². The van der Waals surface area contributed by atoms with Crippen molar-refractivity contribution in [1.82, 2.24) is 19.7 Å². The molecule has 1 aliphatic heterocycles. The fourth-order valence-electron chi connectivity index (χ4n) is 3.20. The number of nitrogens with zero attached hydrogens (tertiary/aromatic N) is 4. The minimum atomic E-state index is -0.306. The van der Waals surface area contributed by atoms with Crippen LogP contribution < -0.4 is 14.2 Å². The number of fused-ring (bicyclic) bond motifs is 1. The van der Waals surface area contributed by atoms with Crippen molar-refractivity contribution in [2.24, 2.45) is 0 Å². The molecule has 0 fully saturated rings. The molecular formula is C23H19FN4O3S2. The fourth-order valence-corrected chi connectivity index (χ4v) is 4.98. The minimum Gasteiger partial charge on any atom is -0.486 e. The van der Waals surface area contributed by atoms with Crippen LogP contribution in [0.4, 0.5) is 4.39 Å². The van der Waals surface area contributed by atoms with Crippen molar-refractivity contribution in [1.29, 1.82) is 0 Å². The van der Waals surface area contributed by atoms with Gasteiger partial charge >= 0.3 is 0 Å². The minimum absolute atomic E-state index is 0.220. The van der Waals surface area contributed by atoms with Crippen LogP contribution in [0.15, 0.2) is 65.7 Å². The number of halogens is 1. The van der Waals surface area contributed by atoms with E-state index in [4.69, 9.17) is 19.2 Å². The van der Waals surface area contributed by atoms with Crippen LogP contribution in [0.2, 0.25) is 0 Å². The molecule has 2 aromatic heterocycles. The Morgan fingerprint density at radius 2 is 2.00 bits per heavy atom. The van der Waals surface area contributed by atoms with E-state index >= 15 is 0 Å². The van der Waals surface area contributed by atoms with Crippen molar-refractivity contribution in [3.63, 3.8) is 0 Å². The third-order valence-electron chi connectivity index (χ3n) is 4.81. The number of thioether (sulfide) groups is 1. The first-order chi connectivity index (χ1) is 16.2. The molecule has 0 bridgehead atoms. The molecule has 0 amide bonds. The molecule has 0 saturated heterocycles. The Morgan fingerprint density at radius 3 is 2.85 bits per heavy atom. The maximum Gasteiger partial charge on any atom is 0.231 e. The van der Waals surface area contributed by atoms with Gasteiger partial charge in [0.05, 0.1) is 5.69 Å². The quantitative estimate of drug-likeness (QED) is 0.236. The van der Waals surface area contributed by atoms with Gasteiger partial charge in [0, 0.05) is 23.2 Å². The summed E-state index contributed by atoms with van der Waals surface area (Å²) >= 11 is 3.13. The Kier molecular flexibility index (Phi) is 6.27. The normalized spacial score (nSPS) is 12.2. The topological polar surface area (TPSA) is 71.3 Å². The van der Waals surface area contributed by atoms with Gasteiger partial charge in [-0.1, -0.05) is 17.8 Å². The summed E-state index contributed by atoms with van der Waals surface area (Å²) in [6.07, 6.45) is 1.79. The smallest absolute Gasteiger partial charge is 0.231 e. The third-order valence-corrected chi connectivity index (χ3v) is 6.75. The SMILES string of the molecule is C=CCn1c(COc2ccc(F)cc2)nnc1SCc1csc(-c2ccc3c(c2)OCO3)n1. The first kappa shape index (κ1) is 21.5. The van der Waals surface area contributed by atoms with Crippen LogP contribution in [0.1, 0.15) is 11.5 Å². The zero-order chi connectivity index (χ0) is 22.6. The van der Waals surface area contributed by atoms with E-state index in [9.17, 15) is 4.39 Å². The number of allylic oxidation sites excluding steroid dienone is 1. The largest absolute Gasteiger partial charge is 0.486 e. The molecule has 5 rings (SSSR count).